The highest BCUT2D eigenvalue weighted by molar-refractivity contribution is 5.92. The number of nitrogens with zero attached hydrogens (tertiary/aromatic N) is 1. The molecule has 1 aromatic carbocycles. The van der Waals surface area contributed by atoms with Gasteiger partial charge in [-0.1, -0.05) is 6.07 Å². The molecule has 0 spiro atoms. The molecule has 0 saturated carbocycles. The minimum Gasteiger partial charge on any atom is -0.481 e. The third kappa shape index (κ3) is 5.05. The van der Waals surface area contributed by atoms with Gasteiger partial charge in [0, 0.05) is 42.2 Å². The van der Waals surface area contributed by atoms with Gasteiger partial charge in [0.2, 0.25) is 0 Å². The van der Waals surface area contributed by atoms with E-state index in [1.165, 1.54) is 12.3 Å². The SMILES string of the molecule is CC(C)N(C(C)C)C(O)(O)C(O)(O)c1c[nH]c2cccc(OC(=O)CCCC(=O)O)c12. The van der Waals surface area contributed by atoms with E-state index in [4.69, 9.17) is 9.84 Å². The molecule has 0 aliphatic rings. The average Bonchev–Trinajstić information content (AvgIpc) is 3.06. The molecule has 10 nitrogen and oxygen atoms in total. The number of hydrogen-bond donors (Lipinski definition) is 6. The van der Waals surface area contributed by atoms with Gasteiger partial charge in [0.25, 0.3) is 11.7 Å². The van der Waals surface area contributed by atoms with Crippen molar-refractivity contribution in [2.45, 2.75) is 70.7 Å². The molecule has 1 aromatic heterocycles. The maximum absolute atomic E-state index is 12.1. The largest absolute Gasteiger partial charge is 0.481 e. The lowest BCUT2D eigenvalue weighted by atomic mass is 9.98. The molecule has 31 heavy (non-hydrogen) atoms. The number of fused-ring (bicyclic) bond motifs is 1. The minimum absolute atomic E-state index is 0.0296. The molecule has 172 valence electrons. The number of aromatic nitrogens is 1. The van der Waals surface area contributed by atoms with Gasteiger partial charge in [-0.25, -0.2) is 4.90 Å². The predicted octanol–water partition coefficient (Wildman–Crippen LogP) is 1.22. The Balaban J connectivity index is 2.46. The number of carboxylic acid groups (broad SMARTS) is 1. The van der Waals surface area contributed by atoms with Gasteiger partial charge in [-0.05, 0) is 46.2 Å². The number of ether oxygens (including phenoxy) is 1. The predicted molar refractivity (Wildman–Crippen MR) is 111 cm³/mol. The monoisotopic (exact) mass is 438 g/mol. The van der Waals surface area contributed by atoms with Crippen LogP contribution in [0, 0.1) is 0 Å². The number of benzene rings is 1. The van der Waals surface area contributed by atoms with Gasteiger partial charge in [-0.15, -0.1) is 0 Å². The Morgan fingerprint density at radius 3 is 2.23 bits per heavy atom. The summed E-state index contributed by atoms with van der Waals surface area (Å²) in [5.41, 5.74) is 0.0718. The quantitative estimate of drug-likeness (QED) is 0.182. The van der Waals surface area contributed by atoms with Crippen LogP contribution in [0.25, 0.3) is 10.9 Å². The van der Waals surface area contributed by atoms with Gasteiger partial charge in [-0.2, -0.15) is 0 Å². The number of esters is 1. The number of hydrogen-bond acceptors (Lipinski definition) is 8. The van der Waals surface area contributed by atoms with Gasteiger partial charge in [0.15, 0.2) is 0 Å². The van der Waals surface area contributed by atoms with E-state index in [1.807, 2.05) is 0 Å². The van der Waals surface area contributed by atoms with E-state index in [0.29, 0.717) is 5.52 Å². The summed E-state index contributed by atoms with van der Waals surface area (Å²) < 4.78 is 5.32. The molecule has 0 amide bonds. The highest BCUT2D eigenvalue weighted by atomic mass is 16.6. The summed E-state index contributed by atoms with van der Waals surface area (Å²) >= 11 is 0. The first-order valence-corrected chi connectivity index (χ1v) is 10.0. The Hall–Kier alpha value is -2.50. The second kappa shape index (κ2) is 9.33. The van der Waals surface area contributed by atoms with E-state index in [9.17, 15) is 30.0 Å². The van der Waals surface area contributed by atoms with Crippen molar-refractivity contribution in [3.8, 4) is 5.75 Å². The van der Waals surface area contributed by atoms with Gasteiger partial charge < -0.3 is 35.3 Å². The summed E-state index contributed by atoms with van der Waals surface area (Å²) in [6.07, 6.45) is 0.946. The van der Waals surface area contributed by atoms with Crippen LogP contribution in [0.3, 0.4) is 0 Å². The molecule has 0 bridgehead atoms. The summed E-state index contributed by atoms with van der Waals surface area (Å²) in [5.74, 6) is -8.00. The normalized spacial score (nSPS) is 12.9. The lowest BCUT2D eigenvalue weighted by molar-refractivity contribution is -0.429. The fraction of sp³-hybridized carbons (Fsp3) is 0.524. The first-order chi connectivity index (χ1) is 14.3. The third-order valence-electron chi connectivity index (χ3n) is 4.98. The molecule has 0 saturated heterocycles. The zero-order valence-corrected chi connectivity index (χ0v) is 18.0. The first-order valence-electron chi connectivity index (χ1n) is 10.0. The summed E-state index contributed by atoms with van der Waals surface area (Å²) in [6, 6.07) is 3.67. The van der Waals surface area contributed by atoms with Crippen LogP contribution in [0.5, 0.6) is 5.75 Å². The van der Waals surface area contributed by atoms with Gasteiger partial charge in [-0.3, -0.25) is 9.59 Å². The smallest absolute Gasteiger partial charge is 0.311 e. The Bertz CT molecular complexity index is 925. The second-order valence-corrected chi connectivity index (χ2v) is 8.00. The number of carbonyl (C=O) groups is 2. The van der Waals surface area contributed by atoms with E-state index in [-0.39, 0.29) is 36.0 Å². The van der Waals surface area contributed by atoms with E-state index in [0.717, 1.165) is 4.90 Å². The van der Waals surface area contributed by atoms with Crippen LogP contribution in [0.1, 0.15) is 52.5 Å². The molecule has 6 N–H and O–H groups in total. The topological polar surface area (TPSA) is 164 Å². The number of aliphatic carboxylic acids is 1. The molecule has 2 aromatic rings. The van der Waals surface area contributed by atoms with Crippen LogP contribution in [-0.2, 0) is 15.4 Å². The maximum Gasteiger partial charge on any atom is 0.311 e. The van der Waals surface area contributed by atoms with Crippen molar-refractivity contribution in [3.63, 3.8) is 0 Å². The van der Waals surface area contributed by atoms with E-state index in [2.05, 4.69) is 4.98 Å². The third-order valence-corrected chi connectivity index (χ3v) is 4.98. The Labute approximate surface area is 179 Å². The maximum atomic E-state index is 12.1. The van der Waals surface area contributed by atoms with Crippen molar-refractivity contribution < 1.29 is 39.9 Å². The zero-order valence-electron chi connectivity index (χ0n) is 18.0. The number of carboxylic acids is 1. The van der Waals surface area contributed by atoms with Crippen molar-refractivity contribution >= 4 is 22.8 Å². The summed E-state index contributed by atoms with van der Waals surface area (Å²) in [4.78, 5) is 26.7. The number of carbonyl (C=O) groups excluding carboxylic acids is 1. The number of aliphatic hydroxyl groups is 4. The molecule has 0 aliphatic carbocycles. The summed E-state index contributed by atoms with van der Waals surface area (Å²) in [5, 5.41) is 52.2. The summed E-state index contributed by atoms with van der Waals surface area (Å²) in [6.45, 7) is 6.71. The average molecular weight is 438 g/mol. The molecule has 2 rings (SSSR count). The number of aromatic amines is 1. The second-order valence-electron chi connectivity index (χ2n) is 8.00. The lowest BCUT2D eigenvalue weighted by Gasteiger charge is -2.46. The first kappa shape index (κ1) is 24.8. The van der Waals surface area contributed by atoms with Gasteiger partial charge in [0.1, 0.15) is 5.75 Å². The lowest BCUT2D eigenvalue weighted by Crippen LogP contribution is -2.66. The fourth-order valence-corrected chi connectivity index (χ4v) is 3.75. The van der Waals surface area contributed by atoms with Crippen LogP contribution in [-0.4, -0.2) is 65.3 Å². The van der Waals surface area contributed by atoms with Crippen molar-refractivity contribution in [1.29, 1.82) is 0 Å². The van der Waals surface area contributed by atoms with Crippen LogP contribution >= 0.6 is 0 Å². The van der Waals surface area contributed by atoms with Crippen molar-refractivity contribution in [3.05, 3.63) is 30.0 Å². The molecular weight excluding hydrogens is 408 g/mol. The Kier molecular flexibility index (Phi) is 7.45. The van der Waals surface area contributed by atoms with Gasteiger partial charge in [0.05, 0.1) is 5.39 Å². The van der Waals surface area contributed by atoms with Crippen molar-refractivity contribution in [2.75, 3.05) is 0 Å². The van der Waals surface area contributed by atoms with Crippen LogP contribution in [0.15, 0.2) is 24.4 Å². The van der Waals surface area contributed by atoms with E-state index >= 15 is 0 Å². The van der Waals surface area contributed by atoms with Crippen LogP contribution in [0.2, 0.25) is 0 Å². The van der Waals surface area contributed by atoms with E-state index in [1.54, 1.807) is 39.8 Å². The van der Waals surface area contributed by atoms with Crippen LogP contribution in [0.4, 0.5) is 0 Å². The van der Waals surface area contributed by atoms with Crippen LogP contribution < -0.4 is 4.74 Å². The molecule has 0 aliphatic heterocycles. The van der Waals surface area contributed by atoms with Crippen molar-refractivity contribution in [1.82, 2.24) is 9.88 Å². The zero-order chi connectivity index (χ0) is 23.6. The Morgan fingerprint density at radius 1 is 1.06 bits per heavy atom. The molecule has 10 heteroatoms. The highest BCUT2D eigenvalue weighted by Crippen LogP contribution is 2.40. The molecule has 0 unspecified atom stereocenters. The number of rotatable bonds is 10. The van der Waals surface area contributed by atoms with Gasteiger partial charge >= 0.3 is 11.9 Å². The molecule has 0 radical (unpaired) electrons. The molecule has 1 heterocycles. The Morgan fingerprint density at radius 2 is 1.68 bits per heavy atom. The summed E-state index contributed by atoms with van der Waals surface area (Å²) in [7, 11) is 0. The molecule has 0 atom stereocenters. The number of nitrogens with one attached hydrogen (secondary N) is 1. The standard InChI is InChI=1S/C21H30N2O8/c1-12(2)23(13(3)4)21(29,30)20(27,28)14-11-22-15-7-5-8-16(19(14)15)31-18(26)10-6-9-17(24)25/h5,7-8,11-13,22,27-30H,6,9-10H2,1-4H3,(H,24,25). The number of H-pyrrole nitrogens is 1. The van der Waals surface area contributed by atoms with E-state index < -0.39 is 35.7 Å². The van der Waals surface area contributed by atoms with Crippen molar-refractivity contribution in [2.24, 2.45) is 0 Å². The fourth-order valence-electron chi connectivity index (χ4n) is 3.75. The molecular formula is C21H30N2O8. The highest BCUT2D eigenvalue weighted by Gasteiger charge is 2.56. The molecule has 0 fully saturated rings. The minimum atomic E-state index is -3.16.